The minimum Gasteiger partial charge on any atom is -0.362 e. The highest BCUT2D eigenvalue weighted by Gasteiger charge is 2.20. The summed E-state index contributed by atoms with van der Waals surface area (Å²) >= 11 is 6.84. The Labute approximate surface area is 104 Å². The minimum atomic E-state index is -0.0533. The first-order valence-corrected chi connectivity index (χ1v) is 6.08. The summed E-state index contributed by atoms with van der Waals surface area (Å²) in [6, 6.07) is 5.93. The van der Waals surface area contributed by atoms with E-state index in [1.807, 2.05) is 18.2 Å². The highest BCUT2D eigenvalue weighted by atomic mass is 79.9. The van der Waals surface area contributed by atoms with Gasteiger partial charge in [-0.3, -0.25) is 4.79 Å². The van der Waals surface area contributed by atoms with Gasteiger partial charge in [-0.2, -0.15) is 0 Å². The van der Waals surface area contributed by atoms with Crippen molar-refractivity contribution in [1.29, 1.82) is 0 Å². The molecule has 1 heterocycles. The van der Waals surface area contributed by atoms with E-state index in [0.29, 0.717) is 6.54 Å². The Morgan fingerprint density at radius 3 is 2.73 bits per heavy atom. The van der Waals surface area contributed by atoms with E-state index in [9.17, 15) is 4.79 Å². The quantitative estimate of drug-likeness (QED) is 0.856. The van der Waals surface area contributed by atoms with E-state index in [1.54, 1.807) is 0 Å². The van der Waals surface area contributed by atoms with E-state index in [1.165, 1.54) is 0 Å². The van der Waals surface area contributed by atoms with Crippen LogP contribution in [-0.2, 0) is 9.53 Å². The number of ether oxygens (including phenoxy) is 1. The van der Waals surface area contributed by atoms with Gasteiger partial charge in [0, 0.05) is 15.5 Å². The molecule has 1 amide bonds. The molecule has 0 radical (unpaired) electrons. The SMILES string of the molecule is O=C1CO[C@H](c2ccc(Br)c(Br)c2)CN1. The van der Waals surface area contributed by atoms with Gasteiger partial charge < -0.3 is 10.1 Å². The molecule has 0 unspecified atom stereocenters. The van der Waals surface area contributed by atoms with Crippen molar-refractivity contribution in [3.05, 3.63) is 32.7 Å². The Morgan fingerprint density at radius 1 is 1.33 bits per heavy atom. The van der Waals surface area contributed by atoms with Crippen LogP contribution in [0.2, 0.25) is 0 Å². The molecule has 1 N–H and O–H groups in total. The fraction of sp³-hybridized carbons (Fsp3) is 0.300. The molecule has 0 bridgehead atoms. The molecule has 15 heavy (non-hydrogen) atoms. The first-order valence-electron chi connectivity index (χ1n) is 4.50. The van der Waals surface area contributed by atoms with Gasteiger partial charge in [0.25, 0.3) is 0 Å². The molecule has 1 aromatic rings. The van der Waals surface area contributed by atoms with Gasteiger partial charge in [0.1, 0.15) is 12.7 Å². The van der Waals surface area contributed by atoms with Gasteiger partial charge in [-0.15, -0.1) is 0 Å². The van der Waals surface area contributed by atoms with Crippen LogP contribution in [0.25, 0.3) is 0 Å². The molecule has 1 aliphatic rings. The predicted molar refractivity (Wildman–Crippen MR) is 63.5 cm³/mol. The summed E-state index contributed by atoms with van der Waals surface area (Å²) in [5, 5.41) is 2.77. The van der Waals surface area contributed by atoms with E-state index >= 15 is 0 Å². The zero-order chi connectivity index (χ0) is 10.8. The molecule has 2 rings (SSSR count). The van der Waals surface area contributed by atoms with E-state index in [2.05, 4.69) is 37.2 Å². The van der Waals surface area contributed by atoms with Gasteiger partial charge in [-0.1, -0.05) is 6.07 Å². The Kier molecular flexibility index (Phi) is 3.43. The van der Waals surface area contributed by atoms with Crippen LogP contribution in [-0.4, -0.2) is 19.1 Å². The van der Waals surface area contributed by atoms with Crippen molar-refractivity contribution in [3.8, 4) is 0 Å². The van der Waals surface area contributed by atoms with Crippen molar-refractivity contribution in [2.45, 2.75) is 6.10 Å². The van der Waals surface area contributed by atoms with Crippen LogP contribution in [0.3, 0.4) is 0 Å². The van der Waals surface area contributed by atoms with E-state index in [4.69, 9.17) is 4.74 Å². The normalized spacial score (nSPS) is 21.2. The molecule has 1 aliphatic heterocycles. The maximum absolute atomic E-state index is 10.9. The van der Waals surface area contributed by atoms with Gasteiger partial charge in [0.2, 0.25) is 5.91 Å². The highest BCUT2D eigenvalue weighted by molar-refractivity contribution is 9.13. The second kappa shape index (κ2) is 4.63. The minimum absolute atomic E-state index is 0.0490. The van der Waals surface area contributed by atoms with Crippen molar-refractivity contribution in [2.24, 2.45) is 0 Å². The third-order valence-electron chi connectivity index (χ3n) is 2.22. The fourth-order valence-corrected chi connectivity index (χ4v) is 2.06. The second-order valence-electron chi connectivity index (χ2n) is 3.28. The zero-order valence-electron chi connectivity index (χ0n) is 7.80. The first-order chi connectivity index (χ1) is 7.16. The number of carbonyl (C=O) groups is 1. The molecule has 0 saturated carbocycles. The molecule has 1 fully saturated rings. The summed E-state index contributed by atoms with van der Waals surface area (Å²) < 4.78 is 7.42. The number of hydrogen-bond acceptors (Lipinski definition) is 2. The van der Waals surface area contributed by atoms with Gasteiger partial charge in [-0.25, -0.2) is 0 Å². The summed E-state index contributed by atoms with van der Waals surface area (Å²) in [7, 11) is 0. The van der Waals surface area contributed by atoms with Gasteiger partial charge >= 0.3 is 0 Å². The zero-order valence-corrected chi connectivity index (χ0v) is 11.0. The molecule has 0 spiro atoms. The first kappa shape index (κ1) is 11.1. The number of benzene rings is 1. The monoisotopic (exact) mass is 333 g/mol. The van der Waals surface area contributed by atoms with Crippen LogP contribution in [0.4, 0.5) is 0 Å². The molecule has 1 atom stereocenters. The molecule has 0 aliphatic carbocycles. The third kappa shape index (κ3) is 2.59. The van der Waals surface area contributed by atoms with Crippen LogP contribution in [0.15, 0.2) is 27.1 Å². The smallest absolute Gasteiger partial charge is 0.246 e. The van der Waals surface area contributed by atoms with E-state index < -0.39 is 0 Å². The maximum atomic E-state index is 10.9. The summed E-state index contributed by atoms with van der Waals surface area (Å²) in [5.41, 5.74) is 1.06. The fourth-order valence-electron chi connectivity index (χ4n) is 1.42. The van der Waals surface area contributed by atoms with Crippen LogP contribution in [0.5, 0.6) is 0 Å². The topological polar surface area (TPSA) is 38.3 Å². The number of morpholine rings is 1. The summed E-state index contributed by atoms with van der Waals surface area (Å²) in [6.07, 6.45) is -0.0490. The number of carbonyl (C=O) groups excluding carboxylic acids is 1. The Morgan fingerprint density at radius 2 is 2.13 bits per heavy atom. The van der Waals surface area contributed by atoms with Crippen molar-refractivity contribution in [1.82, 2.24) is 5.32 Å². The lowest BCUT2D eigenvalue weighted by molar-refractivity contribution is -0.133. The summed E-state index contributed by atoms with van der Waals surface area (Å²) in [5.74, 6) is -0.0533. The lowest BCUT2D eigenvalue weighted by Gasteiger charge is -2.23. The molecule has 0 aromatic heterocycles. The molecule has 3 nitrogen and oxygen atoms in total. The molecule has 5 heteroatoms. The van der Waals surface area contributed by atoms with Crippen molar-refractivity contribution >= 4 is 37.8 Å². The molecule has 1 saturated heterocycles. The standard InChI is InChI=1S/C10H9Br2NO2/c11-7-2-1-6(3-8(7)12)9-4-13-10(14)5-15-9/h1-3,9H,4-5H2,(H,13,14)/t9-/m0/s1. The average molecular weight is 335 g/mol. The van der Waals surface area contributed by atoms with Crippen LogP contribution < -0.4 is 5.32 Å². The van der Waals surface area contributed by atoms with Crippen molar-refractivity contribution in [3.63, 3.8) is 0 Å². The Bertz CT molecular complexity index is 385. The molecule has 1 aromatic carbocycles. The van der Waals surface area contributed by atoms with Crippen molar-refractivity contribution < 1.29 is 9.53 Å². The highest BCUT2D eigenvalue weighted by Crippen LogP contribution is 2.28. The molecule has 80 valence electrons. The number of amides is 1. The van der Waals surface area contributed by atoms with Gasteiger partial charge in [0.05, 0.1) is 0 Å². The van der Waals surface area contributed by atoms with Gasteiger partial charge in [0.15, 0.2) is 0 Å². The number of nitrogens with one attached hydrogen (secondary N) is 1. The lowest BCUT2D eigenvalue weighted by atomic mass is 10.1. The number of halogens is 2. The molecular formula is C10H9Br2NO2. The Hall–Kier alpha value is -0.390. The average Bonchev–Trinajstić information content (AvgIpc) is 2.23. The lowest BCUT2D eigenvalue weighted by Crippen LogP contribution is -2.38. The Balaban J connectivity index is 2.16. The number of rotatable bonds is 1. The van der Waals surface area contributed by atoms with Crippen LogP contribution >= 0.6 is 31.9 Å². The van der Waals surface area contributed by atoms with Crippen molar-refractivity contribution in [2.75, 3.05) is 13.2 Å². The van der Waals surface area contributed by atoms with E-state index in [-0.39, 0.29) is 18.6 Å². The van der Waals surface area contributed by atoms with Gasteiger partial charge in [-0.05, 0) is 49.6 Å². The summed E-state index contributed by atoms with van der Waals surface area (Å²) in [4.78, 5) is 10.9. The van der Waals surface area contributed by atoms with E-state index in [0.717, 1.165) is 14.5 Å². The molecular weight excluding hydrogens is 326 g/mol. The summed E-state index contributed by atoms with van der Waals surface area (Å²) in [6.45, 7) is 0.672. The van der Waals surface area contributed by atoms with Crippen LogP contribution in [0.1, 0.15) is 11.7 Å². The second-order valence-corrected chi connectivity index (χ2v) is 4.99. The maximum Gasteiger partial charge on any atom is 0.246 e. The van der Waals surface area contributed by atoms with Crippen LogP contribution in [0, 0.1) is 0 Å². The largest absolute Gasteiger partial charge is 0.362 e. The number of hydrogen-bond donors (Lipinski definition) is 1. The predicted octanol–water partition coefficient (Wildman–Crippen LogP) is 2.40. The third-order valence-corrected chi connectivity index (χ3v) is 4.10.